The summed E-state index contributed by atoms with van der Waals surface area (Å²) < 4.78 is 0. The van der Waals surface area contributed by atoms with Crippen molar-refractivity contribution < 1.29 is 0 Å². The van der Waals surface area contributed by atoms with Gasteiger partial charge in [-0.2, -0.15) is 0 Å². The van der Waals surface area contributed by atoms with E-state index in [-0.39, 0.29) is 0 Å². The summed E-state index contributed by atoms with van der Waals surface area (Å²) in [5.41, 5.74) is 2.69. The van der Waals surface area contributed by atoms with Crippen LogP contribution in [0.1, 0.15) is 18.1 Å². The number of hydrogen-bond acceptors (Lipinski definition) is 0. The Bertz CT molecular complexity index is 467. The largest absolute Gasteiger partial charge is 0.0912 e. The van der Waals surface area contributed by atoms with Gasteiger partial charge in [0.05, 0.1) is 0 Å². The van der Waals surface area contributed by atoms with Crippen molar-refractivity contribution in [2.24, 2.45) is 0 Å². The van der Waals surface area contributed by atoms with Gasteiger partial charge < -0.3 is 0 Å². The molecule has 0 amide bonds. The van der Waals surface area contributed by atoms with Crippen molar-refractivity contribution in [3.05, 3.63) is 65.7 Å². The molecule has 17 heavy (non-hydrogen) atoms. The highest BCUT2D eigenvalue weighted by Gasteiger charge is 2.05. The molecule has 0 heterocycles. The van der Waals surface area contributed by atoms with Gasteiger partial charge in [-0.05, 0) is 35.1 Å². The van der Waals surface area contributed by atoms with Gasteiger partial charge in [-0.15, -0.1) is 0 Å². The van der Waals surface area contributed by atoms with Gasteiger partial charge in [0.15, 0.2) is 0 Å². The average molecular weight is 263 g/mol. The van der Waals surface area contributed by atoms with Crippen LogP contribution in [0.25, 0.3) is 0 Å². The van der Waals surface area contributed by atoms with Gasteiger partial charge in [0.1, 0.15) is 0 Å². The first-order valence-electron chi connectivity index (χ1n) is 5.86. The first-order chi connectivity index (χ1) is 8.29. The third kappa shape index (κ3) is 3.56. The van der Waals surface area contributed by atoms with Crippen LogP contribution in [0.3, 0.4) is 0 Å². The summed E-state index contributed by atoms with van der Waals surface area (Å²) >= 11 is 6.33. The lowest BCUT2D eigenvalue weighted by molar-refractivity contribution is 1.20. The van der Waals surface area contributed by atoms with E-state index in [4.69, 9.17) is 11.2 Å². The van der Waals surface area contributed by atoms with E-state index in [1.54, 1.807) is 0 Å². The molecule has 88 valence electrons. The van der Waals surface area contributed by atoms with Crippen molar-refractivity contribution in [2.45, 2.75) is 13.3 Å². The molecule has 0 nitrogen and oxygen atoms in total. The topological polar surface area (TPSA) is 0 Å². The molecule has 0 bridgehead atoms. The lowest BCUT2D eigenvalue weighted by atomic mass is 10.1. The Hall–Kier alpha value is -0.840. The SMILES string of the molecule is CCP(Cl)c1cccc(Cc2ccccc2)c1. The molecule has 1 unspecified atom stereocenters. The Kier molecular flexibility index (Phi) is 4.59. The fraction of sp³-hybridized carbons (Fsp3) is 0.200. The first-order valence-corrected chi connectivity index (χ1v) is 8.29. The van der Waals surface area contributed by atoms with E-state index in [2.05, 4.69) is 61.5 Å². The maximum Gasteiger partial charge on any atom is 0.0210 e. The van der Waals surface area contributed by atoms with Crippen molar-refractivity contribution >= 4 is 23.8 Å². The smallest absolute Gasteiger partial charge is 0.0210 e. The minimum Gasteiger partial charge on any atom is -0.0912 e. The van der Waals surface area contributed by atoms with Crippen LogP contribution in [0.2, 0.25) is 0 Å². The van der Waals surface area contributed by atoms with E-state index < -0.39 is 7.27 Å². The molecule has 0 spiro atoms. The lowest BCUT2D eigenvalue weighted by Gasteiger charge is -2.09. The second-order valence-electron chi connectivity index (χ2n) is 4.01. The highest BCUT2D eigenvalue weighted by atomic mass is 35.7. The standard InChI is InChI=1S/C15H16ClP/c1-2-17(16)15-10-6-9-14(12-15)11-13-7-4-3-5-8-13/h3-10,12H,2,11H2,1H3. The van der Waals surface area contributed by atoms with Gasteiger partial charge in [-0.25, -0.2) is 0 Å². The Labute approximate surface area is 109 Å². The van der Waals surface area contributed by atoms with Gasteiger partial charge in [0.25, 0.3) is 0 Å². The maximum absolute atomic E-state index is 6.33. The monoisotopic (exact) mass is 262 g/mol. The summed E-state index contributed by atoms with van der Waals surface area (Å²) in [6.45, 7) is 2.14. The predicted octanol–water partition coefficient (Wildman–Crippen LogP) is 4.56. The van der Waals surface area contributed by atoms with Crippen LogP contribution in [0.4, 0.5) is 0 Å². The summed E-state index contributed by atoms with van der Waals surface area (Å²) in [5.74, 6) is 0. The number of hydrogen-bond donors (Lipinski definition) is 0. The van der Waals surface area contributed by atoms with Gasteiger partial charge >= 0.3 is 0 Å². The predicted molar refractivity (Wildman–Crippen MR) is 78.6 cm³/mol. The molecule has 0 aliphatic carbocycles. The average Bonchev–Trinajstić information content (AvgIpc) is 2.39. The van der Waals surface area contributed by atoms with E-state index in [1.165, 1.54) is 16.4 Å². The third-order valence-corrected chi connectivity index (χ3v) is 5.42. The number of halogens is 1. The van der Waals surface area contributed by atoms with Crippen molar-refractivity contribution in [2.75, 3.05) is 6.16 Å². The molecule has 0 saturated carbocycles. The fourth-order valence-corrected chi connectivity index (χ4v) is 3.07. The van der Waals surface area contributed by atoms with Crippen LogP contribution in [0.5, 0.6) is 0 Å². The number of benzene rings is 2. The molecular formula is C15H16ClP. The molecule has 2 aromatic carbocycles. The molecule has 0 fully saturated rings. The van der Waals surface area contributed by atoms with E-state index in [9.17, 15) is 0 Å². The summed E-state index contributed by atoms with van der Waals surface area (Å²) in [5, 5.41) is 1.29. The molecule has 2 rings (SSSR count). The highest BCUT2D eigenvalue weighted by Crippen LogP contribution is 2.39. The third-order valence-electron chi connectivity index (χ3n) is 2.72. The number of rotatable bonds is 4. The summed E-state index contributed by atoms with van der Waals surface area (Å²) in [4.78, 5) is 0. The Morgan fingerprint density at radius 3 is 2.35 bits per heavy atom. The van der Waals surface area contributed by atoms with Crippen LogP contribution in [0, 0.1) is 0 Å². The van der Waals surface area contributed by atoms with E-state index >= 15 is 0 Å². The zero-order valence-corrected chi connectivity index (χ0v) is 11.6. The minimum absolute atomic E-state index is 0.492. The van der Waals surface area contributed by atoms with E-state index in [1.807, 2.05) is 0 Å². The Balaban J connectivity index is 2.17. The first kappa shape index (κ1) is 12.6. The van der Waals surface area contributed by atoms with Gasteiger partial charge in [0.2, 0.25) is 0 Å². The molecule has 2 aromatic rings. The summed E-state index contributed by atoms with van der Waals surface area (Å²) in [6.07, 6.45) is 2.02. The highest BCUT2D eigenvalue weighted by molar-refractivity contribution is 7.89. The Morgan fingerprint density at radius 1 is 0.941 bits per heavy atom. The molecule has 0 aromatic heterocycles. The molecule has 0 radical (unpaired) electrons. The van der Waals surface area contributed by atoms with Gasteiger partial charge in [-0.3, -0.25) is 0 Å². The van der Waals surface area contributed by atoms with E-state index in [0.717, 1.165) is 12.6 Å². The summed E-state index contributed by atoms with van der Waals surface area (Å²) in [7, 11) is -0.492. The molecule has 1 atom stereocenters. The van der Waals surface area contributed by atoms with Gasteiger partial charge in [0, 0.05) is 7.27 Å². The quantitative estimate of drug-likeness (QED) is 0.709. The second-order valence-corrected chi connectivity index (χ2v) is 7.11. The van der Waals surface area contributed by atoms with Crippen LogP contribution in [-0.2, 0) is 6.42 Å². The van der Waals surface area contributed by atoms with Crippen LogP contribution < -0.4 is 5.30 Å². The Morgan fingerprint density at radius 2 is 1.65 bits per heavy atom. The van der Waals surface area contributed by atoms with Crippen molar-refractivity contribution in [1.29, 1.82) is 0 Å². The lowest BCUT2D eigenvalue weighted by Crippen LogP contribution is -2.00. The molecule has 0 saturated heterocycles. The zero-order chi connectivity index (χ0) is 12.1. The van der Waals surface area contributed by atoms with Crippen molar-refractivity contribution in [3.63, 3.8) is 0 Å². The molecule has 2 heteroatoms. The van der Waals surface area contributed by atoms with E-state index in [0.29, 0.717) is 0 Å². The van der Waals surface area contributed by atoms with Crippen molar-refractivity contribution in [3.8, 4) is 0 Å². The maximum atomic E-state index is 6.33. The van der Waals surface area contributed by atoms with Crippen LogP contribution >= 0.6 is 18.5 Å². The van der Waals surface area contributed by atoms with Crippen LogP contribution in [0.15, 0.2) is 54.6 Å². The van der Waals surface area contributed by atoms with Crippen LogP contribution in [-0.4, -0.2) is 6.16 Å². The normalized spacial score (nSPS) is 12.4. The molecule has 0 N–H and O–H groups in total. The second kappa shape index (κ2) is 6.19. The zero-order valence-electron chi connectivity index (χ0n) is 9.94. The molecular weight excluding hydrogens is 247 g/mol. The van der Waals surface area contributed by atoms with Gasteiger partial charge in [-0.1, -0.05) is 66.7 Å². The summed E-state index contributed by atoms with van der Waals surface area (Å²) in [6, 6.07) is 19.2. The minimum atomic E-state index is -0.492. The molecule has 0 aliphatic heterocycles. The van der Waals surface area contributed by atoms with Crippen molar-refractivity contribution in [1.82, 2.24) is 0 Å². The molecule has 0 aliphatic rings. The fourth-order valence-electron chi connectivity index (χ4n) is 1.83.